The summed E-state index contributed by atoms with van der Waals surface area (Å²) in [6, 6.07) is 10.7. The van der Waals surface area contributed by atoms with Gasteiger partial charge in [0, 0.05) is 6.04 Å². The van der Waals surface area contributed by atoms with E-state index in [-0.39, 0.29) is 0 Å². The van der Waals surface area contributed by atoms with Crippen molar-refractivity contribution in [1.29, 1.82) is 0 Å². The summed E-state index contributed by atoms with van der Waals surface area (Å²) in [5, 5.41) is 3.54. The van der Waals surface area contributed by atoms with E-state index in [0.717, 1.165) is 25.3 Å². The molecule has 0 aromatic heterocycles. The van der Waals surface area contributed by atoms with Gasteiger partial charge in [-0.15, -0.1) is 0 Å². The van der Waals surface area contributed by atoms with Crippen LogP contribution in [-0.4, -0.2) is 19.2 Å². The number of para-hydroxylation sites is 1. The smallest absolute Gasteiger partial charge is 0.119 e. The van der Waals surface area contributed by atoms with Crippen molar-refractivity contribution in [3.8, 4) is 5.75 Å². The van der Waals surface area contributed by atoms with Gasteiger partial charge in [0.05, 0.1) is 6.61 Å². The molecule has 1 aromatic rings. The number of benzene rings is 1. The summed E-state index contributed by atoms with van der Waals surface area (Å²) in [6.45, 7) is 6.37. The highest BCUT2D eigenvalue weighted by Crippen LogP contribution is 2.51. The van der Waals surface area contributed by atoms with E-state index in [0.29, 0.717) is 11.5 Å². The molecule has 0 saturated heterocycles. The van der Waals surface area contributed by atoms with E-state index in [2.05, 4.69) is 19.2 Å². The lowest BCUT2D eigenvalue weighted by atomic mass is 9.94. The van der Waals surface area contributed by atoms with Gasteiger partial charge in [-0.25, -0.2) is 0 Å². The zero-order chi connectivity index (χ0) is 12.1. The van der Waals surface area contributed by atoms with Crippen molar-refractivity contribution in [1.82, 2.24) is 5.32 Å². The normalized spacial score (nSPS) is 18.7. The first kappa shape index (κ1) is 12.4. The van der Waals surface area contributed by atoms with Crippen LogP contribution < -0.4 is 10.1 Å². The predicted molar refractivity (Wildman–Crippen MR) is 71.4 cm³/mol. The maximum atomic E-state index is 5.78. The highest BCUT2D eigenvalue weighted by molar-refractivity contribution is 5.20. The third-order valence-corrected chi connectivity index (χ3v) is 3.93. The molecule has 94 valence electrons. The lowest BCUT2D eigenvalue weighted by Crippen LogP contribution is -2.35. The molecule has 1 fully saturated rings. The molecular weight excluding hydrogens is 210 g/mol. The fraction of sp³-hybridized carbons (Fsp3) is 0.600. The van der Waals surface area contributed by atoms with Gasteiger partial charge in [-0.3, -0.25) is 0 Å². The molecule has 0 heterocycles. The molecule has 2 rings (SSSR count). The van der Waals surface area contributed by atoms with Gasteiger partial charge in [-0.1, -0.05) is 25.1 Å². The fourth-order valence-electron chi connectivity index (χ4n) is 2.47. The summed E-state index contributed by atoms with van der Waals surface area (Å²) in [5.41, 5.74) is 0.505. The maximum absolute atomic E-state index is 5.78. The van der Waals surface area contributed by atoms with Crippen molar-refractivity contribution in [3.05, 3.63) is 30.3 Å². The average Bonchev–Trinajstić information content (AvgIpc) is 3.12. The van der Waals surface area contributed by atoms with Gasteiger partial charge < -0.3 is 10.1 Å². The van der Waals surface area contributed by atoms with Crippen LogP contribution in [0, 0.1) is 5.41 Å². The van der Waals surface area contributed by atoms with E-state index in [4.69, 9.17) is 4.74 Å². The first-order valence-electron chi connectivity index (χ1n) is 6.68. The van der Waals surface area contributed by atoms with Gasteiger partial charge in [0.2, 0.25) is 0 Å². The van der Waals surface area contributed by atoms with Crippen molar-refractivity contribution in [2.45, 2.75) is 39.2 Å². The molecule has 2 heteroatoms. The van der Waals surface area contributed by atoms with Crippen LogP contribution in [0.4, 0.5) is 0 Å². The Kier molecular flexibility index (Phi) is 4.06. The van der Waals surface area contributed by atoms with Crippen LogP contribution in [-0.2, 0) is 0 Å². The Morgan fingerprint density at radius 2 is 2.00 bits per heavy atom. The zero-order valence-electron chi connectivity index (χ0n) is 10.9. The Hall–Kier alpha value is -1.02. The van der Waals surface area contributed by atoms with Crippen LogP contribution in [0.5, 0.6) is 5.75 Å². The molecule has 2 nitrogen and oxygen atoms in total. The van der Waals surface area contributed by atoms with Crippen LogP contribution in [0.15, 0.2) is 30.3 Å². The minimum Gasteiger partial charge on any atom is -0.494 e. The first-order chi connectivity index (χ1) is 8.27. The lowest BCUT2D eigenvalue weighted by Gasteiger charge is -2.24. The van der Waals surface area contributed by atoms with Gasteiger partial charge in [0.15, 0.2) is 0 Å². The van der Waals surface area contributed by atoms with E-state index < -0.39 is 0 Å². The third-order valence-electron chi connectivity index (χ3n) is 3.93. The molecule has 17 heavy (non-hydrogen) atoms. The van der Waals surface area contributed by atoms with Crippen LogP contribution in [0.2, 0.25) is 0 Å². The van der Waals surface area contributed by atoms with Crippen molar-refractivity contribution >= 4 is 0 Å². The molecule has 1 N–H and O–H groups in total. The molecule has 0 spiro atoms. The molecule has 1 atom stereocenters. The second-order valence-electron chi connectivity index (χ2n) is 5.05. The number of nitrogens with one attached hydrogen (secondary N) is 1. The third kappa shape index (κ3) is 3.22. The molecule has 1 aromatic carbocycles. The number of hydrogen-bond acceptors (Lipinski definition) is 2. The summed E-state index contributed by atoms with van der Waals surface area (Å²) in [7, 11) is 0. The summed E-state index contributed by atoms with van der Waals surface area (Å²) in [6.07, 6.45) is 3.86. The highest BCUT2D eigenvalue weighted by Gasteiger charge is 2.46. The van der Waals surface area contributed by atoms with E-state index in [9.17, 15) is 0 Å². The molecule has 0 aliphatic heterocycles. The summed E-state index contributed by atoms with van der Waals surface area (Å²) in [5.74, 6) is 0.986. The molecule has 1 aliphatic rings. The van der Waals surface area contributed by atoms with Crippen molar-refractivity contribution in [2.75, 3.05) is 13.2 Å². The second kappa shape index (κ2) is 5.54. The van der Waals surface area contributed by atoms with E-state index >= 15 is 0 Å². The van der Waals surface area contributed by atoms with Crippen LogP contribution in [0.25, 0.3) is 0 Å². The molecular formula is C15H23NO. The SMILES string of the molecule is CCNC(C)C1(CCOc2ccccc2)CC1. The van der Waals surface area contributed by atoms with Crippen LogP contribution >= 0.6 is 0 Å². The van der Waals surface area contributed by atoms with Gasteiger partial charge in [0.1, 0.15) is 5.75 Å². The molecule has 1 saturated carbocycles. The topological polar surface area (TPSA) is 21.3 Å². The van der Waals surface area contributed by atoms with Crippen molar-refractivity contribution in [3.63, 3.8) is 0 Å². The van der Waals surface area contributed by atoms with Gasteiger partial charge in [0.25, 0.3) is 0 Å². The number of hydrogen-bond donors (Lipinski definition) is 1. The summed E-state index contributed by atoms with van der Waals surface area (Å²) in [4.78, 5) is 0. The second-order valence-corrected chi connectivity index (χ2v) is 5.05. The van der Waals surface area contributed by atoms with Crippen molar-refractivity contribution in [2.24, 2.45) is 5.41 Å². The minimum absolute atomic E-state index is 0.505. The molecule has 0 radical (unpaired) electrons. The van der Waals surface area contributed by atoms with Gasteiger partial charge >= 0.3 is 0 Å². The minimum atomic E-state index is 0.505. The molecule has 0 bridgehead atoms. The Morgan fingerprint density at radius 1 is 1.29 bits per heavy atom. The predicted octanol–water partition coefficient (Wildman–Crippen LogP) is 3.23. The Balaban J connectivity index is 1.75. The van der Waals surface area contributed by atoms with E-state index in [1.54, 1.807) is 0 Å². The first-order valence-corrected chi connectivity index (χ1v) is 6.68. The standard InChI is InChI=1S/C15H23NO/c1-3-16-13(2)15(9-10-15)11-12-17-14-7-5-4-6-8-14/h4-8,13,16H,3,9-12H2,1-2H3. The molecule has 0 amide bonds. The largest absolute Gasteiger partial charge is 0.494 e. The molecule has 1 unspecified atom stereocenters. The van der Waals surface area contributed by atoms with Crippen molar-refractivity contribution < 1.29 is 4.74 Å². The lowest BCUT2D eigenvalue weighted by molar-refractivity contribution is 0.239. The number of rotatable bonds is 7. The Bertz CT molecular complexity index is 332. The molecule has 1 aliphatic carbocycles. The maximum Gasteiger partial charge on any atom is 0.119 e. The van der Waals surface area contributed by atoms with Gasteiger partial charge in [-0.05, 0) is 50.3 Å². The van der Waals surface area contributed by atoms with Crippen LogP contribution in [0.1, 0.15) is 33.1 Å². The zero-order valence-corrected chi connectivity index (χ0v) is 10.9. The van der Waals surface area contributed by atoms with E-state index in [1.165, 1.54) is 12.8 Å². The highest BCUT2D eigenvalue weighted by atomic mass is 16.5. The monoisotopic (exact) mass is 233 g/mol. The number of ether oxygens (including phenoxy) is 1. The van der Waals surface area contributed by atoms with Crippen LogP contribution in [0.3, 0.4) is 0 Å². The Labute approximate surface area is 104 Å². The van der Waals surface area contributed by atoms with Gasteiger partial charge in [-0.2, -0.15) is 0 Å². The van der Waals surface area contributed by atoms with E-state index in [1.807, 2.05) is 30.3 Å². The fourth-order valence-corrected chi connectivity index (χ4v) is 2.47. The Morgan fingerprint density at radius 3 is 2.59 bits per heavy atom. The quantitative estimate of drug-likeness (QED) is 0.780. The summed E-state index contributed by atoms with van der Waals surface area (Å²) < 4.78 is 5.78. The average molecular weight is 233 g/mol. The summed E-state index contributed by atoms with van der Waals surface area (Å²) >= 11 is 0.